The van der Waals surface area contributed by atoms with Crippen LogP contribution in [0.2, 0.25) is 5.02 Å². The maximum absolute atomic E-state index is 13.4. The van der Waals surface area contributed by atoms with Crippen LogP contribution in [0.25, 0.3) is 10.2 Å². The fourth-order valence-corrected chi connectivity index (χ4v) is 4.86. The molecule has 1 fully saturated rings. The number of thiazole rings is 1. The predicted molar refractivity (Wildman–Crippen MR) is 118 cm³/mol. The van der Waals surface area contributed by atoms with E-state index in [1.165, 1.54) is 23.5 Å². The lowest BCUT2D eigenvalue weighted by Gasteiger charge is -2.42. The van der Waals surface area contributed by atoms with E-state index < -0.39 is 6.35 Å². The SMILES string of the molecule is C[C@@H]1CN(c2ncc(CCO)cc2Cl)CCN1C(O)Nc1nc2ccc(F)cc2s1. The second-order valence-corrected chi connectivity index (χ2v) is 8.74. The molecule has 2 aromatic heterocycles. The number of aliphatic hydroxyl groups excluding tert-OH is 2. The van der Waals surface area contributed by atoms with Crippen molar-refractivity contribution in [1.29, 1.82) is 0 Å². The number of aliphatic hydroxyl groups is 2. The van der Waals surface area contributed by atoms with Crippen molar-refractivity contribution in [3.05, 3.63) is 46.9 Å². The lowest BCUT2D eigenvalue weighted by atomic mass is 10.1. The summed E-state index contributed by atoms with van der Waals surface area (Å²) in [4.78, 5) is 12.9. The van der Waals surface area contributed by atoms with Gasteiger partial charge < -0.3 is 20.4 Å². The molecular weight excluding hydrogens is 429 g/mol. The zero-order valence-electron chi connectivity index (χ0n) is 16.4. The van der Waals surface area contributed by atoms with E-state index in [0.29, 0.717) is 47.5 Å². The van der Waals surface area contributed by atoms with Crippen LogP contribution in [0.4, 0.5) is 15.3 Å². The number of pyridine rings is 1. The Morgan fingerprint density at radius 1 is 1.37 bits per heavy atom. The third-order valence-electron chi connectivity index (χ3n) is 5.17. The van der Waals surface area contributed by atoms with Gasteiger partial charge in [0.25, 0.3) is 0 Å². The molecule has 0 aliphatic carbocycles. The molecule has 0 radical (unpaired) electrons. The molecule has 3 heterocycles. The molecule has 2 atom stereocenters. The number of nitrogens with one attached hydrogen (secondary N) is 1. The van der Waals surface area contributed by atoms with Crippen LogP contribution in [-0.2, 0) is 6.42 Å². The van der Waals surface area contributed by atoms with Crippen molar-refractivity contribution in [3.63, 3.8) is 0 Å². The second kappa shape index (κ2) is 8.99. The lowest BCUT2D eigenvalue weighted by Crippen LogP contribution is -2.57. The van der Waals surface area contributed by atoms with Gasteiger partial charge in [0.1, 0.15) is 11.6 Å². The first-order valence-corrected chi connectivity index (χ1v) is 10.9. The highest BCUT2D eigenvalue weighted by Crippen LogP contribution is 2.29. The summed E-state index contributed by atoms with van der Waals surface area (Å²) in [6.45, 7) is 3.99. The summed E-state index contributed by atoms with van der Waals surface area (Å²) >= 11 is 7.71. The number of fused-ring (bicyclic) bond motifs is 1. The standard InChI is InChI=1S/C20H23ClFN5O2S/c1-12-11-26(18-15(21)8-13(4-7-28)10-23-18)5-6-27(12)20(29)25-19-24-16-3-2-14(22)9-17(16)30-19/h2-3,8-10,12,20,28-29H,4-7,11H2,1H3,(H,24,25)/t12-,20?/m1/s1. The Balaban J connectivity index is 1.41. The topological polar surface area (TPSA) is 84.8 Å². The van der Waals surface area contributed by atoms with Crippen molar-refractivity contribution in [2.45, 2.75) is 25.7 Å². The third-order valence-corrected chi connectivity index (χ3v) is 6.40. The van der Waals surface area contributed by atoms with Gasteiger partial charge in [-0.1, -0.05) is 22.9 Å². The first-order valence-electron chi connectivity index (χ1n) is 9.71. The summed E-state index contributed by atoms with van der Waals surface area (Å²) in [7, 11) is 0. The second-order valence-electron chi connectivity index (χ2n) is 7.30. The lowest BCUT2D eigenvalue weighted by molar-refractivity contribution is -0.00538. The molecule has 3 N–H and O–H groups in total. The zero-order chi connectivity index (χ0) is 21.3. The van der Waals surface area contributed by atoms with Gasteiger partial charge in [0.15, 0.2) is 11.5 Å². The smallest absolute Gasteiger partial charge is 0.186 e. The predicted octanol–water partition coefficient (Wildman–Crippen LogP) is 2.92. The number of rotatable bonds is 6. The highest BCUT2D eigenvalue weighted by Gasteiger charge is 2.30. The molecule has 160 valence electrons. The number of benzene rings is 1. The molecule has 30 heavy (non-hydrogen) atoms. The molecule has 4 rings (SSSR count). The highest BCUT2D eigenvalue weighted by molar-refractivity contribution is 7.22. The van der Waals surface area contributed by atoms with Crippen LogP contribution in [0.1, 0.15) is 12.5 Å². The number of anilines is 2. The van der Waals surface area contributed by atoms with E-state index in [-0.39, 0.29) is 18.5 Å². The summed E-state index contributed by atoms with van der Waals surface area (Å²) in [6, 6.07) is 6.31. The molecule has 1 saturated heterocycles. The molecule has 0 amide bonds. The quantitative estimate of drug-likeness (QED) is 0.497. The van der Waals surface area contributed by atoms with Crippen molar-refractivity contribution in [1.82, 2.24) is 14.9 Å². The summed E-state index contributed by atoms with van der Waals surface area (Å²) in [5, 5.41) is 23.9. The monoisotopic (exact) mass is 451 g/mol. The van der Waals surface area contributed by atoms with E-state index in [1.807, 2.05) is 17.9 Å². The molecule has 0 saturated carbocycles. The summed E-state index contributed by atoms with van der Waals surface area (Å²) in [5.74, 6) is 0.403. The number of nitrogens with zero attached hydrogens (tertiary/aromatic N) is 4. The van der Waals surface area contributed by atoms with E-state index in [1.54, 1.807) is 12.3 Å². The van der Waals surface area contributed by atoms with Gasteiger partial charge in [0, 0.05) is 38.5 Å². The van der Waals surface area contributed by atoms with E-state index in [2.05, 4.69) is 20.2 Å². The van der Waals surface area contributed by atoms with Gasteiger partial charge in [0.05, 0.1) is 15.2 Å². The summed E-state index contributed by atoms with van der Waals surface area (Å²) < 4.78 is 14.1. The molecule has 3 aromatic rings. The van der Waals surface area contributed by atoms with Gasteiger partial charge in [-0.3, -0.25) is 4.90 Å². The molecular formula is C20H23ClFN5O2S. The highest BCUT2D eigenvalue weighted by atomic mass is 35.5. The maximum Gasteiger partial charge on any atom is 0.186 e. The molecule has 0 bridgehead atoms. The molecule has 1 unspecified atom stereocenters. The Morgan fingerprint density at radius 3 is 2.93 bits per heavy atom. The van der Waals surface area contributed by atoms with Crippen molar-refractivity contribution in [3.8, 4) is 0 Å². The van der Waals surface area contributed by atoms with E-state index >= 15 is 0 Å². The molecule has 1 aromatic carbocycles. The Kier molecular flexibility index (Phi) is 6.35. The number of piperazine rings is 1. The first-order chi connectivity index (χ1) is 14.4. The van der Waals surface area contributed by atoms with Crippen LogP contribution in [-0.4, -0.2) is 63.7 Å². The average molecular weight is 452 g/mol. The molecule has 7 nitrogen and oxygen atoms in total. The van der Waals surface area contributed by atoms with Gasteiger partial charge in [-0.25, -0.2) is 14.4 Å². The number of hydrogen-bond donors (Lipinski definition) is 3. The summed E-state index contributed by atoms with van der Waals surface area (Å²) in [6.07, 6.45) is 1.34. The fourth-order valence-electron chi connectivity index (χ4n) is 3.65. The zero-order valence-corrected chi connectivity index (χ0v) is 18.0. The molecule has 1 aliphatic heterocycles. The van der Waals surface area contributed by atoms with Crippen molar-refractivity contribution in [2.75, 3.05) is 36.5 Å². The van der Waals surface area contributed by atoms with Crippen LogP contribution >= 0.6 is 22.9 Å². The average Bonchev–Trinajstić information content (AvgIpc) is 3.09. The van der Waals surface area contributed by atoms with E-state index in [4.69, 9.17) is 16.7 Å². The van der Waals surface area contributed by atoms with Crippen LogP contribution in [0.15, 0.2) is 30.5 Å². The van der Waals surface area contributed by atoms with Crippen molar-refractivity contribution < 1.29 is 14.6 Å². The Labute approximate surface area is 182 Å². The number of hydrogen-bond acceptors (Lipinski definition) is 8. The molecule has 10 heteroatoms. The van der Waals surface area contributed by atoms with E-state index in [0.717, 1.165) is 10.3 Å². The number of aromatic nitrogens is 2. The molecule has 0 spiro atoms. The minimum Gasteiger partial charge on any atom is -0.396 e. The van der Waals surface area contributed by atoms with E-state index in [9.17, 15) is 9.50 Å². The Morgan fingerprint density at radius 2 is 2.20 bits per heavy atom. The first kappa shape index (κ1) is 21.2. The fraction of sp³-hybridized carbons (Fsp3) is 0.400. The van der Waals surface area contributed by atoms with Gasteiger partial charge in [-0.2, -0.15) is 0 Å². The Hall–Kier alpha value is -2.04. The third kappa shape index (κ3) is 4.50. The van der Waals surface area contributed by atoms with Crippen molar-refractivity contribution >= 4 is 44.1 Å². The normalized spacial score (nSPS) is 18.7. The summed E-state index contributed by atoms with van der Waals surface area (Å²) in [5.41, 5.74) is 1.59. The number of halogens is 2. The van der Waals surface area contributed by atoms with Crippen LogP contribution < -0.4 is 10.2 Å². The minimum absolute atomic E-state index is 0.0306. The van der Waals surface area contributed by atoms with Gasteiger partial charge in [-0.05, 0) is 43.2 Å². The van der Waals surface area contributed by atoms with Crippen LogP contribution in [0, 0.1) is 5.82 Å². The maximum atomic E-state index is 13.4. The van der Waals surface area contributed by atoms with Gasteiger partial charge in [-0.15, -0.1) is 0 Å². The minimum atomic E-state index is -0.914. The van der Waals surface area contributed by atoms with Crippen LogP contribution in [0.5, 0.6) is 0 Å². The van der Waals surface area contributed by atoms with Gasteiger partial charge in [0.2, 0.25) is 0 Å². The van der Waals surface area contributed by atoms with Crippen molar-refractivity contribution in [2.24, 2.45) is 0 Å². The Bertz CT molecular complexity index is 1040. The van der Waals surface area contributed by atoms with Crippen LogP contribution in [0.3, 0.4) is 0 Å². The van der Waals surface area contributed by atoms with Gasteiger partial charge >= 0.3 is 0 Å². The largest absolute Gasteiger partial charge is 0.396 e. The molecule has 1 aliphatic rings.